The summed E-state index contributed by atoms with van der Waals surface area (Å²) in [6.45, 7) is 5.75. The van der Waals surface area contributed by atoms with E-state index < -0.39 is 0 Å². The lowest BCUT2D eigenvalue weighted by Gasteiger charge is -2.16. The minimum Gasteiger partial charge on any atom is -0.493 e. The first-order valence-electron chi connectivity index (χ1n) is 6.30. The van der Waals surface area contributed by atoms with E-state index >= 15 is 0 Å². The third kappa shape index (κ3) is 4.55. The third-order valence-electron chi connectivity index (χ3n) is 2.68. The molecule has 1 aromatic rings. The van der Waals surface area contributed by atoms with Crippen molar-refractivity contribution in [2.24, 2.45) is 5.73 Å². The van der Waals surface area contributed by atoms with Crippen LogP contribution in [-0.4, -0.2) is 33.0 Å². The molecule has 1 unspecified atom stereocenters. The smallest absolute Gasteiger partial charge is 0.161 e. The van der Waals surface area contributed by atoms with E-state index in [9.17, 15) is 0 Å². The average Bonchev–Trinajstić information content (AvgIpc) is 2.39. The molecule has 4 heteroatoms. The standard InChI is InChI=1S/C14H23NO3/c1-4-17-12(10-15)7-8-18-13-6-5-11(2)9-14(13)16-3/h5-6,9,12H,4,7-8,10,15H2,1-3H3. The van der Waals surface area contributed by atoms with Gasteiger partial charge in [0.25, 0.3) is 0 Å². The Morgan fingerprint density at radius 3 is 2.67 bits per heavy atom. The molecule has 0 amide bonds. The van der Waals surface area contributed by atoms with Gasteiger partial charge in [0.1, 0.15) is 0 Å². The number of hydrogen-bond acceptors (Lipinski definition) is 4. The summed E-state index contributed by atoms with van der Waals surface area (Å²) in [6.07, 6.45) is 0.841. The normalized spacial score (nSPS) is 12.2. The van der Waals surface area contributed by atoms with Crippen molar-refractivity contribution in [3.05, 3.63) is 23.8 Å². The van der Waals surface area contributed by atoms with Gasteiger partial charge < -0.3 is 19.9 Å². The monoisotopic (exact) mass is 253 g/mol. The molecule has 1 aromatic carbocycles. The van der Waals surface area contributed by atoms with Crippen LogP contribution in [0.1, 0.15) is 18.9 Å². The zero-order valence-corrected chi connectivity index (χ0v) is 11.4. The summed E-state index contributed by atoms with van der Waals surface area (Å²) in [5.74, 6) is 1.52. The topological polar surface area (TPSA) is 53.7 Å². The highest BCUT2D eigenvalue weighted by atomic mass is 16.5. The van der Waals surface area contributed by atoms with Gasteiger partial charge in [-0.2, -0.15) is 0 Å². The Kier molecular flexibility index (Phi) is 6.54. The van der Waals surface area contributed by atoms with Gasteiger partial charge in [-0.25, -0.2) is 0 Å². The average molecular weight is 253 g/mol. The van der Waals surface area contributed by atoms with Crippen molar-refractivity contribution >= 4 is 0 Å². The van der Waals surface area contributed by atoms with Crippen LogP contribution in [-0.2, 0) is 4.74 Å². The molecule has 0 aromatic heterocycles. The number of methoxy groups -OCH3 is 1. The third-order valence-corrected chi connectivity index (χ3v) is 2.68. The number of rotatable bonds is 8. The quantitative estimate of drug-likeness (QED) is 0.771. The lowest BCUT2D eigenvalue weighted by Crippen LogP contribution is -2.25. The summed E-state index contributed by atoms with van der Waals surface area (Å²) >= 11 is 0. The molecule has 102 valence electrons. The first-order valence-corrected chi connectivity index (χ1v) is 6.30. The van der Waals surface area contributed by atoms with Crippen molar-refractivity contribution in [1.29, 1.82) is 0 Å². The Morgan fingerprint density at radius 1 is 1.28 bits per heavy atom. The molecule has 0 aliphatic carbocycles. The van der Waals surface area contributed by atoms with E-state index in [2.05, 4.69) is 0 Å². The molecule has 1 rings (SSSR count). The zero-order chi connectivity index (χ0) is 13.4. The van der Waals surface area contributed by atoms with Crippen LogP contribution in [0.15, 0.2) is 18.2 Å². The van der Waals surface area contributed by atoms with E-state index in [1.54, 1.807) is 7.11 Å². The van der Waals surface area contributed by atoms with Gasteiger partial charge in [-0.1, -0.05) is 6.07 Å². The largest absolute Gasteiger partial charge is 0.493 e. The van der Waals surface area contributed by atoms with Crippen LogP contribution in [0, 0.1) is 6.92 Å². The van der Waals surface area contributed by atoms with Crippen LogP contribution in [0.2, 0.25) is 0 Å². The first kappa shape index (κ1) is 14.8. The molecule has 0 heterocycles. The van der Waals surface area contributed by atoms with Crippen LogP contribution >= 0.6 is 0 Å². The molecule has 2 N–H and O–H groups in total. The molecule has 1 atom stereocenters. The summed E-state index contributed by atoms with van der Waals surface area (Å²) in [7, 11) is 1.64. The maximum atomic E-state index is 5.70. The summed E-state index contributed by atoms with van der Waals surface area (Å²) in [5, 5.41) is 0. The molecule has 0 radical (unpaired) electrons. The summed E-state index contributed by atoms with van der Waals surface area (Å²) in [5.41, 5.74) is 6.76. The molecular weight excluding hydrogens is 230 g/mol. The Bertz CT molecular complexity index is 355. The summed E-state index contributed by atoms with van der Waals surface area (Å²) in [4.78, 5) is 0. The van der Waals surface area contributed by atoms with Crippen LogP contribution in [0.5, 0.6) is 11.5 Å². The molecule has 0 spiro atoms. The Balaban J connectivity index is 2.47. The van der Waals surface area contributed by atoms with Crippen LogP contribution in [0.3, 0.4) is 0 Å². The molecule has 4 nitrogen and oxygen atoms in total. The number of aryl methyl sites for hydroxylation is 1. The van der Waals surface area contributed by atoms with Gasteiger partial charge in [-0.05, 0) is 31.5 Å². The van der Waals surface area contributed by atoms with Crippen molar-refractivity contribution in [2.45, 2.75) is 26.4 Å². The Labute approximate surface area is 109 Å². The second-order valence-electron chi connectivity index (χ2n) is 4.10. The maximum absolute atomic E-state index is 5.70. The highest BCUT2D eigenvalue weighted by Gasteiger charge is 2.08. The van der Waals surface area contributed by atoms with E-state index in [0.29, 0.717) is 19.8 Å². The van der Waals surface area contributed by atoms with E-state index in [4.69, 9.17) is 19.9 Å². The zero-order valence-electron chi connectivity index (χ0n) is 11.4. The summed E-state index contributed by atoms with van der Waals surface area (Å²) in [6, 6.07) is 5.88. The molecule has 0 bridgehead atoms. The van der Waals surface area contributed by atoms with Gasteiger partial charge in [-0.15, -0.1) is 0 Å². The van der Waals surface area contributed by atoms with Crippen molar-refractivity contribution in [3.8, 4) is 11.5 Å². The second kappa shape index (κ2) is 7.95. The highest BCUT2D eigenvalue weighted by molar-refractivity contribution is 5.42. The maximum Gasteiger partial charge on any atom is 0.161 e. The Hall–Kier alpha value is -1.26. The molecule has 18 heavy (non-hydrogen) atoms. The fourth-order valence-corrected chi connectivity index (χ4v) is 1.70. The molecule has 0 saturated heterocycles. The van der Waals surface area contributed by atoms with E-state index in [1.807, 2.05) is 32.0 Å². The van der Waals surface area contributed by atoms with Crippen molar-refractivity contribution < 1.29 is 14.2 Å². The van der Waals surface area contributed by atoms with Gasteiger partial charge in [-0.3, -0.25) is 0 Å². The minimum atomic E-state index is 0.0615. The van der Waals surface area contributed by atoms with Gasteiger partial charge in [0.15, 0.2) is 11.5 Å². The predicted molar refractivity (Wildman–Crippen MR) is 72.3 cm³/mol. The minimum absolute atomic E-state index is 0.0615. The molecular formula is C14H23NO3. The lowest BCUT2D eigenvalue weighted by atomic mass is 10.2. The second-order valence-corrected chi connectivity index (χ2v) is 4.10. The molecule has 0 aliphatic rings. The first-order chi connectivity index (χ1) is 8.71. The number of benzene rings is 1. The van der Waals surface area contributed by atoms with Crippen LogP contribution in [0.4, 0.5) is 0 Å². The number of hydrogen-bond donors (Lipinski definition) is 1. The molecule has 0 aliphatic heterocycles. The Morgan fingerprint density at radius 2 is 2.06 bits per heavy atom. The fraction of sp³-hybridized carbons (Fsp3) is 0.571. The van der Waals surface area contributed by atoms with Gasteiger partial charge in [0.05, 0.1) is 19.8 Å². The van der Waals surface area contributed by atoms with E-state index in [1.165, 1.54) is 0 Å². The van der Waals surface area contributed by atoms with Gasteiger partial charge in [0, 0.05) is 19.6 Å². The molecule has 0 saturated carbocycles. The number of ether oxygens (including phenoxy) is 3. The van der Waals surface area contributed by atoms with Gasteiger partial charge in [0.2, 0.25) is 0 Å². The van der Waals surface area contributed by atoms with Gasteiger partial charge >= 0.3 is 0 Å². The van der Waals surface area contributed by atoms with Crippen molar-refractivity contribution in [1.82, 2.24) is 0 Å². The van der Waals surface area contributed by atoms with E-state index in [-0.39, 0.29) is 6.10 Å². The van der Waals surface area contributed by atoms with E-state index in [0.717, 1.165) is 23.5 Å². The number of nitrogens with two attached hydrogens (primary N) is 1. The van der Waals surface area contributed by atoms with Crippen LogP contribution in [0.25, 0.3) is 0 Å². The SMILES string of the molecule is CCOC(CN)CCOc1ccc(C)cc1OC. The fourth-order valence-electron chi connectivity index (χ4n) is 1.70. The highest BCUT2D eigenvalue weighted by Crippen LogP contribution is 2.27. The molecule has 0 fully saturated rings. The van der Waals surface area contributed by atoms with Crippen molar-refractivity contribution in [2.75, 3.05) is 26.9 Å². The van der Waals surface area contributed by atoms with Crippen LogP contribution < -0.4 is 15.2 Å². The lowest BCUT2D eigenvalue weighted by molar-refractivity contribution is 0.0524. The van der Waals surface area contributed by atoms with Crippen molar-refractivity contribution in [3.63, 3.8) is 0 Å². The summed E-state index contributed by atoms with van der Waals surface area (Å²) < 4.78 is 16.4. The predicted octanol–water partition coefficient (Wildman–Crippen LogP) is 2.14.